The molecule has 0 unspecified atom stereocenters. The Morgan fingerprint density at radius 1 is 0.377 bits per heavy atom. The standard InChI is InChI=1S/C56H39N5/c1-56(2)45-30-14-12-28-43(45)52-51(56)50-48(61(52)41-25-10-5-11-26-41)33-32-47-49(50)44-29-13-15-31-46(44)60(47)42-27-17-23-39(35-42)38-22-16-24-40(34-38)55-58-53(36-18-6-3-7-19-36)57-54(59-55)37-20-8-4-9-21-37/h3-35H,1-2H3. The fourth-order valence-corrected chi connectivity index (χ4v) is 9.80. The third-order valence-corrected chi connectivity index (χ3v) is 12.5. The average Bonchev–Trinajstić information content (AvgIpc) is 3.94. The molecule has 5 nitrogen and oxygen atoms in total. The Kier molecular flexibility index (Phi) is 7.81. The summed E-state index contributed by atoms with van der Waals surface area (Å²) in [6.45, 7) is 4.79. The van der Waals surface area contributed by atoms with Gasteiger partial charge in [-0.15, -0.1) is 0 Å². The van der Waals surface area contributed by atoms with Crippen molar-refractivity contribution in [2.45, 2.75) is 19.3 Å². The van der Waals surface area contributed by atoms with Crippen molar-refractivity contribution in [3.8, 4) is 67.9 Å². The molecule has 0 atom stereocenters. The van der Waals surface area contributed by atoms with Gasteiger partial charge in [-0.1, -0.05) is 166 Å². The molecule has 0 aliphatic heterocycles. The number of rotatable bonds is 6. The Labute approximate surface area is 353 Å². The predicted octanol–water partition coefficient (Wildman–Crippen LogP) is 13.9. The molecule has 1 aliphatic rings. The van der Waals surface area contributed by atoms with Crippen LogP contribution in [-0.2, 0) is 5.41 Å². The molecule has 8 aromatic carbocycles. The molecule has 288 valence electrons. The Morgan fingerprint density at radius 2 is 0.885 bits per heavy atom. The van der Waals surface area contributed by atoms with Crippen LogP contribution in [0.4, 0.5) is 0 Å². The normalized spacial score (nSPS) is 12.9. The topological polar surface area (TPSA) is 48.5 Å². The Balaban J connectivity index is 1.04. The van der Waals surface area contributed by atoms with Gasteiger partial charge in [0.15, 0.2) is 17.5 Å². The van der Waals surface area contributed by atoms with Crippen molar-refractivity contribution < 1.29 is 0 Å². The molecule has 5 heteroatoms. The lowest BCUT2D eigenvalue weighted by Gasteiger charge is -2.21. The highest BCUT2D eigenvalue weighted by Crippen LogP contribution is 2.55. The summed E-state index contributed by atoms with van der Waals surface area (Å²) >= 11 is 0. The molecule has 1 aliphatic carbocycles. The van der Waals surface area contributed by atoms with Gasteiger partial charge in [0.2, 0.25) is 0 Å². The molecule has 11 aromatic rings. The van der Waals surface area contributed by atoms with Gasteiger partial charge in [-0.2, -0.15) is 0 Å². The van der Waals surface area contributed by atoms with E-state index in [1.165, 1.54) is 60.8 Å². The van der Waals surface area contributed by atoms with E-state index in [-0.39, 0.29) is 5.41 Å². The lowest BCUT2D eigenvalue weighted by atomic mass is 9.81. The summed E-state index contributed by atoms with van der Waals surface area (Å²) in [5.41, 5.74) is 16.0. The number of fused-ring (bicyclic) bond motifs is 9. The second-order valence-electron chi connectivity index (χ2n) is 16.4. The highest BCUT2D eigenvalue weighted by atomic mass is 15.0. The molecule has 0 fully saturated rings. The van der Waals surface area contributed by atoms with Crippen molar-refractivity contribution in [1.82, 2.24) is 24.1 Å². The molecule has 0 radical (unpaired) electrons. The quantitative estimate of drug-likeness (QED) is 0.169. The first-order valence-corrected chi connectivity index (χ1v) is 20.9. The summed E-state index contributed by atoms with van der Waals surface area (Å²) in [7, 11) is 0. The molecule has 0 amide bonds. The number of hydrogen-bond donors (Lipinski definition) is 0. The van der Waals surface area contributed by atoms with E-state index < -0.39 is 0 Å². The Hall–Kier alpha value is -7.89. The fourth-order valence-electron chi connectivity index (χ4n) is 9.80. The number of hydrogen-bond acceptors (Lipinski definition) is 3. The minimum absolute atomic E-state index is 0.200. The van der Waals surface area contributed by atoms with E-state index in [4.69, 9.17) is 15.0 Å². The molecule has 0 saturated carbocycles. The fraction of sp³-hybridized carbons (Fsp3) is 0.0536. The van der Waals surface area contributed by atoms with E-state index in [1.54, 1.807) is 0 Å². The molecule has 12 rings (SSSR count). The zero-order valence-electron chi connectivity index (χ0n) is 33.8. The zero-order chi connectivity index (χ0) is 40.7. The summed E-state index contributed by atoms with van der Waals surface area (Å²) in [6, 6.07) is 71.1. The molecular weight excluding hydrogens is 743 g/mol. The SMILES string of the molecule is CC1(C)c2ccccc2-c2c1c1c3c4ccccc4n(-c4cccc(-c5cccc(-c6nc(-c7ccccc7)nc(-c7ccccc7)n6)c5)c4)c3ccc1n2-c1ccccc1. The lowest BCUT2D eigenvalue weighted by molar-refractivity contribution is 0.666. The highest BCUT2D eigenvalue weighted by molar-refractivity contribution is 6.24. The summed E-state index contributed by atoms with van der Waals surface area (Å²) < 4.78 is 4.94. The van der Waals surface area contributed by atoms with Gasteiger partial charge in [0.25, 0.3) is 0 Å². The van der Waals surface area contributed by atoms with Gasteiger partial charge in [0, 0.05) is 55.2 Å². The van der Waals surface area contributed by atoms with E-state index >= 15 is 0 Å². The first-order valence-electron chi connectivity index (χ1n) is 20.9. The number of para-hydroxylation sites is 2. The van der Waals surface area contributed by atoms with E-state index in [1.807, 2.05) is 60.7 Å². The molecular formula is C56H39N5. The highest BCUT2D eigenvalue weighted by Gasteiger charge is 2.41. The monoisotopic (exact) mass is 781 g/mol. The molecule has 0 spiro atoms. The van der Waals surface area contributed by atoms with Crippen LogP contribution in [0.25, 0.3) is 101 Å². The lowest BCUT2D eigenvalue weighted by Crippen LogP contribution is -2.14. The van der Waals surface area contributed by atoms with Crippen LogP contribution in [-0.4, -0.2) is 24.1 Å². The van der Waals surface area contributed by atoms with E-state index in [0.717, 1.165) is 33.5 Å². The van der Waals surface area contributed by atoms with Crippen molar-refractivity contribution in [3.05, 3.63) is 211 Å². The molecule has 61 heavy (non-hydrogen) atoms. The summed E-state index contributed by atoms with van der Waals surface area (Å²) in [6.07, 6.45) is 0. The third kappa shape index (κ3) is 5.44. The van der Waals surface area contributed by atoms with Gasteiger partial charge in [0.05, 0.1) is 22.2 Å². The number of nitrogens with zero attached hydrogens (tertiary/aromatic N) is 5. The minimum atomic E-state index is -0.200. The second-order valence-corrected chi connectivity index (χ2v) is 16.4. The van der Waals surface area contributed by atoms with E-state index in [9.17, 15) is 0 Å². The van der Waals surface area contributed by atoms with Crippen LogP contribution < -0.4 is 0 Å². The van der Waals surface area contributed by atoms with Crippen molar-refractivity contribution in [2.75, 3.05) is 0 Å². The maximum absolute atomic E-state index is 5.03. The number of aromatic nitrogens is 5. The van der Waals surface area contributed by atoms with Crippen LogP contribution in [0.5, 0.6) is 0 Å². The van der Waals surface area contributed by atoms with Crippen LogP contribution in [0, 0.1) is 0 Å². The molecule has 3 heterocycles. The van der Waals surface area contributed by atoms with Gasteiger partial charge < -0.3 is 9.13 Å². The van der Waals surface area contributed by atoms with Crippen LogP contribution in [0.1, 0.15) is 25.0 Å². The van der Waals surface area contributed by atoms with Crippen LogP contribution >= 0.6 is 0 Å². The molecule has 0 saturated heterocycles. The van der Waals surface area contributed by atoms with Crippen LogP contribution in [0.2, 0.25) is 0 Å². The Morgan fingerprint density at radius 3 is 1.59 bits per heavy atom. The first-order chi connectivity index (χ1) is 30.0. The average molecular weight is 782 g/mol. The largest absolute Gasteiger partial charge is 0.309 e. The third-order valence-electron chi connectivity index (χ3n) is 12.5. The second kappa shape index (κ2) is 13.6. The first kappa shape index (κ1) is 35.1. The summed E-state index contributed by atoms with van der Waals surface area (Å²) in [5.74, 6) is 1.93. The van der Waals surface area contributed by atoms with Crippen LogP contribution in [0.3, 0.4) is 0 Å². The van der Waals surface area contributed by atoms with Gasteiger partial charge in [-0.3, -0.25) is 0 Å². The maximum atomic E-state index is 5.03. The maximum Gasteiger partial charge on any atom is 0.164 e. The van der Waals surface area contributed by atoms with Gasteiger partial charge in [-0.05, 0) is 70.8 Å². The Bertz CT molecular complexity index is 3430. The number of benzene rings is 8. The molecule has 3 aromatic heterocycles. The van der Waals surface area contributed by atoms with Crippen molar-refractivity contribution in [3.63, 3.8) is 0 Å². The van der Waals surface area contributed by atoms with Crippen molar-refractivity contribution >= 4 is 32.7 Å². The zero-order valence-corrected chi connectivity index (χ0v) is 33.8. The molecule has 0 bridgehead atoms. The minimum Gasteiger partial charge on any atom is -0.309 e. The van der Waals surface area contributed by atoms with Gasteiger partial charge in [0.1, 0.15) is 0 Å². The smallest absolute Gasteiger partial charge is 0.164 e. The predicted molar refractivity (Wildman–Crippen MR) is 250 cm³/mol. The van der Waals surface area contributed by atoms with Gasteiger partial charge >= 0.3 is 0 Å². The van der Waals surface area contributed by atoms with Crippen molar-refractivity contribution in [2.24, 2.45) is 0 Å². The van der Waals surface area contributed by atoms with Crippen molar-refractivity contribution in [1.29, 1.82) is 0 Å². The van der Waals surface area contributed by atoms with E-state index in [2.05, 4.69) is 163 Å². The summed E-state index contributed by atoms with van der Waals surface area (Å²) in [4.78, 5) is 15.0. The summed E-state index contributed by atoms with van der Waals surface area (Å²) in [5, 5.41) is 3.84. The van der Waals surface area contributed by atoms with E-state index in [0.29, 0.717) is 17.5 Å². The molecule has 0 N–H and O–H groups in total. The van der Waals surface area contributed by atoms with Crippen LogP contribution in [0.15, 0.2) is 200 Å². The van der Waals surface area contributed by atoms with Gasteiger partial charge in [-0.25, -0.2) is 15.0 Å².